The fraction of sp³-hybridized carbons (Fsp3) is 0.417. The van der Waals surface area contributed by atoms with E-state index < -0.39 is 6.09 Å². The zero-order valence-electron chi connectivity index (χ0n) is 9.22. The van der Waals surface area contributed by atoms with Crippen molar-refractivity contribution in [3.8, 4) is 5.75 Å². The number of likely N-dealkylation sites (tertiary alicyclic amines) is 1. The van der Waals surface area contributed by atoms with Gasteiger partial charge in [-0.25, -0.2) is 4.79 Å². The van der Waals surface area contributed by atoms with Crippen LogP contribution in [0.1, 0.15) is 12.0 Å². The Balaban J connectivity index is 1.97. The summed E-state index contributed by atoms with van der Waals surface area (Å²) < 4.78 is 5.78. The summed E-state index contributed by atoms with van der Waals surface area (Å²) in [6, 6.07) is 7.78. The van der Waals surface area contributed by atoms with E-state index >= 15 is 0 Å². The molecule has 1 aromatic carbocycles. The van der Waals surface area contributed by atoms with Gasteiger partial charge in [-0.1, -0.05) is 18.2 Å². The molecule has 0 spiro atoms. The molecule has 0 radical (unpaired) electrons. The first kappa shape index (κ1) is 10.8. The van der Waals surface area contributed by atoms with Crippen LogP contribution in [0.3, 0.4) is 0 Å². The van der Waals surface area contributed by atoms with Crippen molar-refractivity contribution in [1.82, 2.24) is 4.90 Å². The highest BCUT2D eigenvalue weighted by Crippen LogP contribution is 2.21. The van der Waals surface area contributed by atoms with Gasteiger partial charge in [-0.05, 0) is 18.6 Å². The molecular formula is C12H15NO3. The molecule has 16 heavy (non-hydrogen) atoms. The van der Waals surface area contributed by atoms with Crippen LogP contribution in [-0.4, -0.2) is 35.3 Å². The molecule has 1 aliphatic rings. The average molecular weight is 221 g/mol. The van der Waals surface area contributed by atoms with Crippen LogP contribution in [-0.2, 0) is 0 Å². The van der Waals surface area contributed by atoms with Gasteiger partial charge in [-0.2, -0.15) is 0 Å². The van der Waals surface area contributed by atoms with E-state index in [1.54, 1.807) is 0 Å². The van der Waals surface area contributed by atoms with Crippen molar-refractivity contribution in [2.75, 3.05) is 13.1 Å². The summed E-state index contributed by atoms with van der Waals surface area (Å²) in [4.78, 5) is 12.1. The molecule has 86 valence electrons. The Hall–Kier alpha value is -1.71. The second-order valence-corrected chi connectivity index (χ2v) is 4.02. The summed E-state index contributed by atoms with van der Waals surface area (Å²) in [5, 5.41) is 8.82. The van der Waals surface area contributed by atoms with Gasteiger partial charge in [-0.15, -0.1) is 0 Å². The van der Waals surface area contributed by atoms with Gasteiger partial charge in [-0.3, -0.25) is 0 Å². The van der Waals surface area contributed by atoms with Crippen molar-refractivity contribution < 1.29 is 14.6 Å². The number of hydrogen-bond donors (Lipinski definition) is 1. The predicted molar refractivity (Wildman–Crippen MR) is 59.8 cm³/mol. The van der Waals surface area contributed by atoms with Crippen molar-refractivity contribution in [3.05, 3.63) is 29.8 Å². The van der Waals surface area contributed by atoms with Gasteiger partial charge in [0.1, 0.15) is 11.9 Å². The lowest BCUT2D eigenvalue weighted by Gasteiger charge is -2.15. The number of carboxylic acid groups (broad SMARTS) is 1. The molecule has 1 saturated heterocycles. The first-order valence-corrected chi connectivity index (χ1v) is 5.37. The number of para-hydroxylation sites is 1. The SMILES string of the molecule is Cc1ccccc1O[C@H]1CCN(C(=O)O)C1. The molecule has 2 rings (SSSR count). The summed E-state index contributed by atoms with van der Waals surface area (Å²) >= 11 is 0. The quantitative estimate of drug-likeness (QED) is 0.832. The van der Waals surface area contributed by atoms with E-state index in [0.29, 0.717) is 13.1 Å². The van der Waals surface area contributed by atoms with Crippen molar-refractivity contribution >= 4 is 6.09 Å². The lowest BCUT2D eigenvalue weighted by atomic mass is 10.2. The van der Waals surface area contributed by atoms with E-state index in [4.69, 9.17) is 9.84 Å². The van der Waals surface area contributed by atoms with Crippen molar-refractivity contribution in [1.29, 1.82) is 0 Å². The minimum atomic E-state index is -0.865. The highest BCUT2D eigenvalue weighted by molar-refractivity contribution is 5.65. The smallest absolute Gasteiger partial charge is 0.407 e. The van der Waals surface area contributed by atoms with Crippen LogP contribution >= 0.6 is 0 Å². The lowest BCUT2D eigenvalue weighted by Crippen LogP contribution is -2.29. The van der Waals surface area contributed by atoms with E-state index in [0.717, 1.165) is 17.7 Å². The number of rotatable bonds is 2. The Morgan fingerprint density at radius 2 is 2.25 bits per heavy atom. The van der Waals surface area contributed by atoms with Crippen molar-refractivity contribution in [2.45, 2.75) is 19.4 Å². The number of carbonyl (C=O) groups is 1. The molecule has 1 aromatic rings. The minimum absolute atomic E-state index is 0.0165. The van der Waals surface area contributed by atoms with Crippen molar-refractivity contribution in [2.24, 2.45) is 0 Å². The maximum absolute atomic E-state index is 10.7. The molecule has 1 amide bonds. The Bertz CT molecular complexity index is 392. The van der Waals surface area contributed by atoms with Crippen LogP contribution in [0.15, 0.2) is 24.3 Å². The van der Waals surface area contributed by atoms with Crippen LogP contribution in [0.5, 0.6) is 5.75 Å². The second-order valence-electron chi connectivity index (χ2n) is 4.02. The third kappa shape index (κ3) is 2.27. The van der Waals surface area contributed by atoms with Crippen molar-refractivity contribution in [3.63, 3.8) is 0 Å². The summed E-state index contributed by atoms with van der Waals surface area (Å²) in [5.41, 5.74) is 1.08. The fourth-order valence-electron chi connectivity index (χ4n) is 1.87. The molecule has 1 fully saturated rings. The average Bonchev–Trinajstić information content (AvgIpc) is 2.70. The Morgan fingerprint density at radius 1 is 1.50 bits per heavy atom. The predicted octanol–water partition coefficient (Wildman–Crippen LogP) is 2.13. The summed E-state index contributed by atoms with van der Waals surface area (Å²) in [5.74, 6) is 0.847. The topological polar surface area (TPSA) is 49.8 Å². The molecule has 0 saturated carbocycles. The number of nitrogens with zero attached hydrogens (tertiary/aromatic N) is 1. The first-order chi connectivity index (χ1) is 7.66. The van der Waals surface area contributed by atoms with Crippen LogP contribution in [0.4, 0.5) is 4.79 Å². The maximum atomic E-state index is 10.7. The highest BCUT2D eigenvalue weighted by Gasteiger charge is 2.27. The van der Waals surface area contributed by atoms with E-state index in [1.807, 2.05) is 31.2 Å². The zero-order chi connectivity index (χ0) is 11.5. The third-order valence-electron chi connectivity index (χ3n) is 2.80. The van der Waals surface area contributed by atoms with Crippen LogP contribution in [0, 0.1) is 6.92 Å². The summed E-state index contributed by atoms with van der Waals surface area (Å²) in [6.45, 7) is 3.01. The molecule has 1 heterocycles. The number of hydrogen-bond acceptors (Lipinski definition) is 2. The van der Waals surface area contributed by atoms with E-state index in [-0.39, 0.29) is 6.10 Å². The first-order valence-electron chi connectivity index (χ1n) is 5.37. The standard InChI is InChI=1S/C12H15NO3/c1-9-4-2-3-5-11(9)16-10-6-7-13(8-10)12(14)15/h2-5,10H,6-8H2,1H3,(H,14,15)/t10-/m0/s1. The van der Waals surface area contributed by atoms with Gasteiger partial charge < -0.3 is 14.7 Å². The second kappa shape index (κ2) is 4.43. The van der Waals surface area contributed by atoms with Gasteiger partial charge in [0.15, 0.2) is 0 Å². The van der Waals surface area contributed by atoms with E-state index in [2.05, 4.69) is 0 Å². The number of amides is 1. The molecule has 0 unspecified atom stereocenters. The molecule has 0 aromatic heterocycles. The monoisotopic (exact) mass is 221 g/mol. The largest absolute Gasteiger partial charge is 0.488 e. The number of aryl methyl sites for hydroxylation is 1. The fourth-order valence-corrected chi connectivity index (χ4v) is 1.87. The third-order valence-corrected chi connectivity index (χ3v) is 2.80. The zero-order valence-corrected chi connectivity index (χ0v) is 9.22. The minimum Gasteiger partial charge on any atom is -0.488 e. The van der Waals surface area contributed by atoms with Gasteiger partial charge in [0.05, 0.1) is 6.54 Å². The molecule has 4 heteroatoms. The van der Waals surface area contributed by atoms with Gasteiger partial charge in [0.2, 0.25) is 0 Å². The van der Waals surface area contributed by atoms with Crippen LogP contribution in [0.25, 0.3) is 0 Å². The Kier molecular flexibility index (Phi) is 2.99. The lowest BCUT2D eigenvalue weighted by molar-refractivity contribution is 0.145. The maximum Gasteiger partial charge on any atom is 0.407 e. The molecule has 1 N–H and O–H groups in total. The number of ether oxygens (including phenoxy) is 1. The molecule has 0 bridgehead atoms. The van der Waals surface area contributed by atoms with E-state index in [1.165, 1.54) is 4.90 Å². The van der Waals surface area contributed by atoms with Gasteiger partial charge >= 0.3 is 6.09 Å². The molecule has 1 aliphatic heterocycles. The van der Waals surface area contributed by atoms with E-state index in [9.17, 15) is 4.79 Å². The number of benzene rings is 1. The summed E-state index contributed by atoms with van der Waals surface area (Å²) in [7, 11) is 0. The summed E-state index contributed by atoms with van der Waals surface area (Å²) in [6.07, 6.45) is -0.117. The Labute approximate surface area is 94.4 Å². The van der Waals surface area contributed by atoms with Gasteiger partial charge in [0.25, 0.3) is 0 Å². The van der Waals surface area contributed by atoms with Crippen LogP contribution < -0.4 is 4.74 Å². The van der Waals surface area contributed by atoms with Crippen LogP contribution in [0.2, 0.25) is 0 Å². The highest BCUT2D eigenvalue weighted by atomic mass is 16.5. The Morgan fingerprint density at radius 3 is 2.88 bits per heavy atom. The molecule has 4 nitrogen and oxygen atoms in total. The normalized spacial score (nSPS) is 19.8. The van der Waals surface area contributed by atoms with Gasteiger partial charge in [0, 0.05) is 13.0 Å². The molecular weight excluding hydrogens is 206 g/mol. The molecule has 1 atom stereocenters. The molecule has 0 aliphatic carbocycles.